The standard InChI is InChI=1S/C10H18FN3O2S2/c1-3-13-10(11,5-17)8(16)14-9(4-6(9)18)7(15)12-2/h6,13,17-18H,3-5H2,1-2H3,(H,12,15)(H,14,16)/t6?,9?,10-/m1/s1. The smallest absolute Gasteiger partial charge is 0.274 e. The largest absolute Gasteiger partial charge is 0.357 e. The fourth-order valence-electron chi connectivity index (χ4n) is 1.69. The van der Waals surface area contributed by atoms with Gasteiger partial charge in [-0.2, -0.15) is 25.3 Å². The van der Waals surface area contributed by atoms with Crippen LogP contribution in [0.1, 0.15) is 13.3 Å². The van der Waals surface area contributed by atoms with E-state index in [0.29, 0.717) is 6.42 Å². The first-order chi connectivity index (χ1) is 8.36. The summed E-state index contributed by atoms with van der Waals surface area (Å²) >= 11 is 7.99. The number of halogens is 1. The third-order valence-corrected chi connectivity index (χ3v) is 3.99. The minimum Gasteiger partial charge on any atom is -0.357 e. The zero-order valence-electron chi connectivity index (χ0n) is 10.3. The molecule has 1 saturated carbocycles. The van der Waals surface area contributed by atoms with Gasteiger partial charge in [-0.05, 0) is 13.0 Å². The Morgan fingerprint density at radius 3 is 2.44 bits per heavy atom. The molecule has 2 amide bonds. The molecule has 0 aromatic heterocycles. The number of nitrogens with one attached hydrogen (secondary N) is 3. The zero-order chi connectivity index (χ0) is 14.0. The van der Waals surface area contributed by atoms with Crippen LogP contribution >= 0.6 is 25.3 Å². The Morgan fingerprint density at radius 2 is 2.11 bits per heavy atom. The van der Waals surface area contributed by atoms with Crippen molar-refractivity contribution in [3.8, 4) is 0 Å². The second-order valence-corrected chi connectivity index (χ2v) is 5.15. The first-order valence-electron chi connectivity index (χ1n) is 5.64. The first kappa shape index (κ1) is 15.6. The van der Waals surface area contributed by atoms with E-state index in [-0.39, 0.29) is 23.5 Å². The van der Waals surface area contributed by atoms with Crippen molar-refractivity contribution in [3.05, 3.63) is 0 Å². The number of hydrogen-bond acceptors (Lipinski definition) is 5. The van der Waals surface area contributed by atoms with Crippen molar-refractivity contribution >= 4 is 37.1 Å². The van der Waals surface area contributed by atoms with E-state index in [1.54, 1.807) is 6.92 Å². The quantitative estimate of drug-likeness (QED) is 0.339. The van der Waals surface area contributed by atoms with E-state index >= 15 is 0 Å². The molecule has 0 aliphatic heterocycles. The summed E-state index contributed by atoms with van der Waals surface area (Å²) in [7, 11) is 1.46. The Labute approximate surface area is 116 Å². The average Bonchev–Trinajstić information content (AvgIpc) is 2.99. The van der Waals surface area contributed by atoms with Crippen LogP contribution in [-0.4, -0.2) is 47.7 Å². The van der Waals surface area contributed by atoms with Crippen molar-refractivity contribution in [1.29, 1.82) is 0 Å². The van der Waals surface area contributed by atoms with Gasteiger partial charge < -0.3 is 10.6 Å². The molecule has 104 valence electrons. The minimum atomic E-state index is -2.28. The highest BCUT2D eigenvalue weighted by molar-refractivity contribution is 7.81. The number of carbonyl (C=O) groups is 2. The molecule has 0 aromatic rings. The third-order valence-electron chi connectivity index (χ3n) is 2.93. The molecule has 1 aliphatic carbocycles. The van der Waals surface area contributed by atoms with Gasteiger partial charge in [-0.1, -0.05) is 6.92 Å². The second-order valence-electron chi connectivity index (χ2n) is 4.21. The van der Waals surface area contributed by atoms with Gasteiger partial charge in [-0.15, -0.1) is 0 Å². The topological polar surface area (TPSA) is 70.2 Å². The van der Waals surface area contributed by atoms with E-state index < -0.39 is 17.2 Å². The van der Waals surface area contributed by atoms with Crippen molar-refractivity contribution in [2.24, 2.45) is 0 Å². The molecule has 2 unspecified atom stereocenters. The molecule has 3 N–H and O–H groups in total. The molecule has 0 heterocycles. The van der Waals surface area contributed by atoms with E-state index in [0.717, 1.165) is 0 Å². The second kappa shape index (κ2) is 5.66. The lowest BCUT2D eigenvalue weighted by molar-refractivity contribution is -0.137. The number of alkyl halides is 1. The molecule has 1 fully saturated rings. The van der Waals surface area contributed by atoms with Gasteiger partial charge in [-0.25, -0.2) is 4.39 Å². The SMILES string of the molecule is CCN[C@](F)(CS)C(=O)NC1(C(=O)NC)CC1S. The minimum absolute atomic E-state index is 0.280. The van der Waals surface area contributed by atoms with Crippen molar-refractivity contribution < 1.29 is 14.0 Å². The number of rotatable bonds is 6. The molecule has 0 radical (unpaired) electrons. The summed E-state index contributed by atoms with van der Waals surface area (Å²) in [6.45, 7) is 1.96. The predicted octanol–water partition coefficient (Wildman–Crippen LogP) is -0.505. The molecule has 0 spiro atoms. The van der Waals surface area contributed by atoms with Gasteiger partial charge in [0.25, 0.3) is 5.91 Å². The normalized spacial score (nSPS) is 29.3. The average molecular weight is 295 g/mol. The van der Waals surface area contributed by atoms with Gasteiger partial charge in [0.15, 0.2) is 0 Å². The molecule has 3 atom stereocenters. The van der Waals surface area contributed by atoms with Crippen LogP contribution in [0.25, 0.3) is 0 Å². The Hall–Kier alpha value is -0.470. The van der Waals surface area contributed by atoms with Crippen molar-refractivity contribution in [1.82, 2.24) is 16.0 Å². The Morgan fingerprint density at radius 1 is 1.56 bits per heavy atom. The molecule has 18 heavy (non-hydrogen) atoms. The Kier molecular flexibility index (Phi) is 4.90. The molecule has 0 aromatic carbocycles. The summed E-state index contributed by atoms with van der Waals surface area (Å²) in [5, 5.41) is 6.99. The Balaban J connectivity index is 2.77. The molecule has 8 heteroatoms. The zero-order valence-corrected chi connectivity index (χ0v) is 12.1. The highest BCUT2D eigenvalue weighted by atomic mass is 32.1. The molecular formula is C10H18FN3O2S2. The van der Waals surface area contributed by atoms with E-state index in [9.17, 15) is 14.0 Å². The van der Waals surface area contributed by atoms with Crippen LogP contribution in [0.4, 0.5) is 4.39 Å². The van der Waals surface area contributed by atoms with Gasteiger partial charge in [0.1, 0.15) is 5.54 Å². The van der Waals surface area contributed by atoms with E-state index in [2.05, 4.69) is 41.2 Å². The molecule has 0 saturated heterocycles. The van der Waals surface area contributed by atoms with Crippen LogP contribution in [0, 0.1) is 0 Å². The lowest BCUT2D eigenvalue weighted by Gasteiger charge is -2.26. The Bertz CT molecular complexity index is 358. The molecule has 0 bridgehead atoms. The maximum atomic E-state index is 14.2. The van der Waals surface area contributed by atoms with Crippen LogP contribution in [0.15, 0.2) is 0 Å². The summed E-state index contributed by atoms with van der Waals surface area (Å²) in [6, 6.07) is 0. The number of likely N-dealkylation sites (N-methyl/N-ethyl adjacent to an activating group) is 2. The highest BCUT2D eigenvalue weighted by Crippen LogP contribution is 2.41. The number of thiol groups is 2. The summed E-state index contributed by atoms with van der Waals surface area (Å²) in [5.74, 6) is -3.85. The summed E-state index contributed by atoms with van der Waals surface area (Å²) in [5.41, 5.74) is -1.11. The monoisotopic (exact) mass is 295 g/mol. The van der Waals surface area contributed by atoms with Gasteiger partial charge in [-0.3, -0.25) is 14.9 Å². The fourth-order valence-corrected chi connectivity index (χ4v) is 2.42. The first-order valence-corrected chi connectivity index (χ1v) is 6.79. The summed E-state index contributed by atoms with van der Waals surface area (Å²) in [4.78, 5) is 23.6. The van der Waals surface area contributed by atoms with Crippen molar-refractivity contribution in [2.75, 3.05) is 19.3 Å². The van der Waals surface area contributed by atoms with Gasteiger partial charge in [0, 0.05) is 18.1 Å². The van der Waals surface area contributed by atoms with Gasteiger partial charge in [0.05, 0.1) is 0 Å². The summed E-state index contributed by atoms with van der Waals surface area (Å²) < 4.78 is 14.2. The highest BCUT2D eigenvalue weighted by Gasteiger charge is 2.60. The number of amides is 2. The molecule has 5 nitrogen and oxygen atoms in total. The lowest BCUT2D eigenvalue weighted by Crippen LogP contribution is -2.61. The summed E-state index contributed by atoms with van der Waals surface area (Å²) in [6.07, 6.45) is 0.385. The van der Waals surface area contributed by atoms with Gasteiger partial charge in [0.2, 0.25) is 11.7 Å². The van der Waals surface area contributed by atoms with Crippen molar-refractivity contribution in [3.63, 3.8) is 0 Å². The molecular weight excluding hydrogens is 277 g/mol. The van der Waals surface area contributed by atoms with E-state index in [1.165, 1.54) is 7.05 Å². The van der Waals surface area contributed by atoms with Crippen LogP contribution in [0.2, 0.25) is 0 Å². The van der Waals surface area contributed by atoms with Crippen molar-refractivity contribution in [2.45, 2.75) is 29.9 Å². The fraction of sp³-hybridized carbons (Fsp3) is 0.800. The van der Waals surface area contributed by atoms with Gasteiger partial charge >= 0.3 is 0 Å². The van der Waals surface area contributed by atoms with Crippen LogP contribution in [0.3, 0.4) is 0 Å². The predicted molar refractivity (Wildman–Crippen MR) is 73.7 cm³/mol. The van der Waals surface area contributed by atoms with Crippen LogP contribution < -0.4 is 16.0 Å². The van der Waals surface area contributed by atoms with Crippen LogP contribution in [0.5, 0.6) is 0 Å². The molecule has 1 aliphatic rings. The lowest BCUT2D eigenvalue weighted by atomic mass is 10.2. The maximum absolute atomic E-state index is 14.2. The van der Waals surface area contributed by atoms with Crippen LogP contribution in [-0.2, 0) is 9.59 Å². The molecule has 1 rings (SSSR count). The maximum Gasteiger partial charge on any atom is 0.274 e. The third kappa shape index (κ3) is 2.75. The number of hydrogen-bond donors (Lipinski definition) is 5. The number of carbonyl (C=O) groups excluding carboxylic acids is 2. The van der Waals surface area contributed by atoms with E-state index in [1.807, 2.05) is 0 Å². The van der Waals surface area contributed by atoms with E-state index in [4.69, 9.17) is 0 Å².